The smallest absolute Gasteiger partial charge is 0.0503 e. The van der Waals surface area contributed by atoms with Crippen molar-refractivity contribution < 1.29 is 0 Å². The van der Waals surface area contributed by atoms with Crippen LogP contribution in [0.15, 0.2) is 18.2 Å². The van der Waals surface area contributed by atoms with Crippen LogP contribution in [0, 0.1) is 15.4 Å². The number of anilines is 2. The first-order valence-electron chi connectivity index (χ1n) is 5.88. The van der Waals surface area contributed by atoms with E-state index < -0.39 is 0 Å². The molecule has 1 aliphatic heterocycles. The first-order chi connectivity index (χ1) is 7.58. The molecule has 0 amide bonds. The highest BCUT2D eigenvalue weighted by Crippen LogP contribution is 2.30. The summed E-state index contributed by atoms with van der Waals surface area (Å²) in [6, 6.07) is 6.21. The number of rotatable bonds is 1. The highest BCUT2D eigenvalue weighted by Gasteiger charge is 2.23. The number of hydrogen-bond acceptors (Lipinski definition) is 2. The maximum absolute atomic E-state index is 5.78. The van der Waals surface area contributed by atoms with Gasteiger partial charge in [0.05, 0.1) is 5.69 Å². The van der Waals surface area contributed by atoms with Gasteiger partial charge in [-0.05, 0) is 59.0 Å². The van der Waals surface area contributed by atoms with Gasteiger partial charge in [-0.15, -0.1) is 0 Å². The zero-order valence-electron chi connectivity index (χ0n) is 9.91. The van der Waals surface area contributed by atoms with E-state index in [-0.39, 0.29) is 0 Å². The van der Waals surface area contributed by atoms with Gasteiger partial charge in [0, 0.05) is 22.3 Å². The van der Waals surface area contributed by atoms with Crippen LogP contribution in [0.25, 0.3) is 0 Å². The molecule has 0 spiro atoms. The predicted molar refractivity (Wildman–Crippen MR) is 78.7 cm³/mol. The molecule has 2 rings (SSSR count). The van der Waals surface area contributed by atoms with Crippen LogP contribution >= 0.6 is 22.6 Å². The molecule has 16 heavy (non-hydrogen) atoms. The number of nitrogen functional groups attached to an aromatic ring is 1. The molecule has 0 aliphatic carbocycles. The van der Waals surface area contributed by atoms with Crippen molar-refractivity contribution in [3.05, 3.63) is 21.8 Å². The number of benzene rings is 1. The van der Waals surface area contributed by atoms with Gasteiger partial charge in [-0.2, -0.15) is 0 Å². The lowest BCUT2D eigenvalue weighted by Gasteiger charge is -2.37. The first kappa shape index (κ1) is 12.0. The van der Waals surface area contributed by atoms with Crippen molar-refractivity contribution in [3.63, 3.8) is 0 Å². The van der Waals surface area contributed by atoms with Crippen molar-refractivity contribution in [2.75, 3.05) is 23.7 Å². The average molecular weight is 330 g/mol. The Bertz CT molecular complexity index is 378. The fraction of sp³-hybridized carbons (Fsp3) is 0.538. The van der Waals surface area contributed by atoms with Crippen LogP contribution in [0.3, 0.4) is 0 Å². The summed E-state index contributed by atoms with van der Waals surface area (Å²) < 4.78 is 1.26. The zero-order chi connectivity index (χ0) is 11.7. The lowest BCUT2D eigenvalue weighted by atomic mass is 9.88. The highest BCUT2D eigenvalue weighted by atomic mass is 127. The second-order valence-corrected chi connectivity index (χ2v) is 6.06. The summed E-state index contributed by atoms with van der Waals surface area (Å²) in [6.45, 7) is 7.05. The van der Waals surface area contributed by atoms with Crippen LogP contribution in [0.1, 0.15) is 20.3 Å². The third kappa shape index (κ3) is 2.44. The van der Waals surface area contributed by atoms with Gasteiger partial charge in [0.1, 0.15) is 0 Å². The molecule has 1 aromatic rings. The molecule has 1 saturated heterocycles. The summed E-state index contributed by atoms with van der Waals surface area (Å²) in [6.07, 6.45) is 1.29. The topological polar surface area (TPSA) is 29.3 Å². The molecule has 88 valence electrons. The maximum atomic E-state index is 5.78. The van der Waals surface area contributed by atoms with Crippen molar-refractivity contribution in [2.24, 2.45) is 11.8 Å². The molecular formula is C13H19IN2. The Labute approximate surface area is 111 Å². The molecule has 0 aromatic heterocycles. The summed E-state index contributed by atoms with van der Waals surface area (Å²) in [5.74, 6) is 1.63. The summed E-state index contributed by atoms with van der Waals surface area (Å²) in [5, 5.41) is 0. The number of hydrogen-bond donors (Lipinski definition) is 1. The minimum atomic E-state index is 0.780. The monoisotopic (exact) mass is 330 g/mol. The maximum Gasteiger partial charge on any atom is 0.0503 e. The Morgan fingerprint density at radius 3 is 2.69 bits per heavy atom. The molecule has 0 bridgehead atoms. The van der Waals surface area contributed by atoms with E-state index in [4.69, 9.17) is 5.73 Å². The van der Waals surface area contributed by atoms with Crippen LogP contribution in [-0.4, -0.2) is 13.1 Å². The van der Waals surface area contributed by atoms with E-state index in [1.54, 1.807) is 0 Å². The van der Waals surface area contributed by atoms with E-state index in [2.05, 4.69) is 53.5 Å². The third-order valence-electron chi connectivity index (χ3n) is 3.65. The molecule has 2 nitrogen and oxygen atoms in total. The quantitative estimate of drug-likeness (QED) is 0.632. The van der Waals surface area contributed by atoms with Gasteiger partial charge < -0.3 is 10.6 Å². The lowest BCUT2D eigenvalue weighted by molar-refractivity contribution is 0.324. The van der Waals surface area contributed by atoms with Crippen molar-refractivity contribution >= 4 is 34.0 Å². The zero-order valence-corrected chi connectivity index (χ0v) is 12.1. The summed E-state index contributed by atoms with van der Waals surface area (Å²) in [4.78, 5) is 2.49. The van der Waals surface area contributed by atoms with Gasteiger partial charge in [-0.25, -0.2) is 0 Å². The second-order valence-electron chi connectivity index (χ2n) is 4.90. The van der Waals surface area contributed by atoms with Gasteiger partial charge in [0.2, 0.25) is 0 Å². The van der Waals surface area contributed by atoms with Crippen molar-refractivity contribution in [2.45, 2.75) is 20.3 Å². The number of halogens is 1. The molecule has 0 saturated carbocycles. The normalized spacial score (nSPS) is 25.8. The van der Waals surface area contributed by atoms with Crippen LogP contribution in [0.4, 0.5) is 11.4 Å². The molecule has 3 heteroatoms. The highest BCUT2D eigenvalue weighted by molar-refractivity contribution is 14.1. The molecule has 1 fully saturated rings. The summed E-state index contributed by atoms with van der Waals surface area (Å²) in [5.41, 5.74) is 7.98. The van der Waals surface area contributed by atoms with Gasteiger partial charge >= 0.3 is 0 Å². The van der Waals surface area contributed by atoms with Crippen LogP contribution in [0.5, 0.6) is 0 Å². The Morgan fingerprint density at radius 1 is 1.31 bits per heavy atom. The Kier molecular flexibility index (Phi) is 3.62. The second kappa shape index (κ2) is 4.82. The molecular weight excluding hydrogens is 311 g/mol. The largest absolute Gasteiger partial charge is 0.399 e. The van der Waals surface area contributed by atoms with Crippen molar-refractivity contribution in [1.29, 1.82) is 0 Å². The van der Waals surface area contributed by atoms with Crippen molar-refractivity contribution in [3.8, 4) is 0 Å². The molecule has 2 atom stereocenters. The summed E-state index contributed by atoms with van der Waals surface area (Å²) in [7, 11) is 0. The van der Waals surface area contributed by atoms with Gasteiger partial charge in [0.15, 0.2) is 0 Å². The van der Waals surface area contributed by atoms with Gasteiger partial charge in [-0.3, -0.25) is 0 Å². The van der Waals surface area contributed by atoms with Gasteiger partial charge in [0.25, 0.3) is 0 Å². The van der Waals surface area contributed by atoms with E-state index in [9.17, 15) is 0 Å². The SMILES string of the molecule is CC1CCN(c2ccc(N)cc2I)CC1C. The lowest BCUT2D eigenvalue weighted by Crippen LogP contribution is -2.38. The van der Waals surface area contributed by atoms with E-state index in [0.717, 1.165) is 17.5 Å². The van der Waals surface area contributed by atoms with Gasteiger partial charge in [-0.1, -0.05) is 13.8 Å². The third-order valence-corrected chi connectivity index (χ3v) is 4.51. The molecule has 1 heterocycles. The predicted octanol–water partition coefficient (Wildman–Crippen LogP) is 3.36. The van der Waals surface area contributed by atoms with Crippen LogP contribution in [-0.2, 0) is 0 Å². The number of piperidine rings is 1. The van der Waals surface area contributed by atoms with E-state index in [1.807, 2.05) is 6.07 Å². The Hall–Kier alpha value is -0.450. The molecule has 1 aromatic carbocycles. The van der Waals surface area contributed by atoms with Crippen LogP contribution in [0.2, 0.25) is 0 Å². The Morgan fingerprint density at radius 2 is 2.06 bits per heavy atom. The van der Waals surface area contributed by atoms with E-state index in [0.29, 0.717) is 0 Å². The number of nitrogens with zero attached hydrogens (tertiary/aromatic N) is 1. The fourth-order valence-electron chi connectivity index (χ4n) is 2.26. The van der Waals surface area contributed by atoms with Crippen LogP contribution < -0.4 is 10.6 Å². The molecule has 2 unspecified atom stereocenters. The molecule has 0 radical (unpaired) electrons. The number of nitrogens with two attached hydrogens (primary N) is 1. The molecule has 2 N–H and O–H groups in total. The van der Waals surface area contributed by atoms with E-state index >= 15 is 0 Å². The standard InChI is InChI=1S/C13H19IN2/c1-9-5-6-16(8-10(9)2)13-4-3-11(15)7-12(13)14/h3-4,7,9-10H,5-6,8,15H2,1-2H3. The summed E-state index contributed by atoms with van der Waals surface area (Å²) >= 11 is 2.38. The minimum absolute atomic E-state index is 0.780. The molecule has 1 aliphatic rings. The first-order valence-corrected chi connectivity index (χ1v) is 6.96. The van der Waals surface area contributed by atoms with Crippen molar-refractivity contribution in [1.82, 2.24) is 0 Å². The van der Waals surface area contributed by atoms with E-state index in [1.165, 1.54) is 28.8 Å². The minimum Gasteiger partial charge on any atom is -0.399 e. The average Bonchev–Trinajstić information content (AvgIpc) is 2.22. The Balaban J connectivity index is 2.18. The fourth-order valence-corrected chi connectivity index (χ4v) is 3.14.